The molecular formula is C13H22N6O2. The molecule has 8 nitrogen and oxygen atoms in total. The largest absolute Gasteiger partial charge is 0.377 e. The summed E-state index contributed by atoms with van der Waals surface area (Å²) in [6, 6.07) is 1.54. The van der Waals surface area contributed by atoms with Crippen LogP contribution >= 0.6 is 0 Å². The highest BCUT2D eigenvalue weighted by atomic mass is 16.5. The van der Waals surface area contributed by atoms with Crippen LogP contribution < -0.4 is 21.5 Å². The molecule has 1 atom stereocenters. The van der Waals surface area contributed by atoms with E-state index in [1.807, 2.05) is 4.90 Å². The number of anilines is 2. The van der Waals surface area contributed by atoms with E-state index in [2.05, 4.69) is 20.7 Å². The molecule has 0 bridgehead atoms. The van der Waals surface area contributed by atoms with E-state index in [0.29, 0.717) is 24.1 Å². The van der Waals surface area contributed by atoms with Gasteiger partial charge in [0.2, 0.25) is 5.91 Å². The molecule has 1 fully saturated rings. The van der Waals surface area contributed by atoms with Gasteiger partial charge in [0, 0.05) is 26.8 Å². The number of carbonyl (C=O) groups excluding carboxylic acids is 1. The van der Waals surface area contributed by atoms with Gasteiger partial charge in [0.1, 0.15) is 24.3 Å². The summed E-state index contributed by atoms with van der Waals surface area (Å²) < 4.78 is 5.07. The van der Waals surface area contributed by atoms with Crippen molar-refractivity contribution in [3.63, 3.8) is 0 Å². The van der Waals surface area contributed by atoms with Crippen molar-refractivity contribution in [2.45, 2.75) is 31.9 Å². The molecule has 1 aromatic heterocycles. The molecule has 0 aromatic carbocycles. The van der Waals surface area contributed by atoms with Gasteiger partial charge in [0.25, 0.3) is 0 Å². The number of rotatable bonds is 5. The van der Waals surface area contributed by atoms with E-state index in [4.69, 9.17) is 10.6 Å². The van der Waals surface area contributed by atoms with Crippen LogP contribution in [0.2, 0.25) is 0 Å². The first kappa shape index (κ1) is 15.5. The Kier molecular flexibility index (Phi) is 5.29. The maximum absolute atomic E-state index is 12.1. The van der Waals surface area contributed by atoms with Crippen molar-refractivity contribution in [3.8, 4) is 0 Å². The lowest BCUT2D eigenvalue weighted by Gasteiger charge is -2.35. The Bertz CT molecular complexity index is 496. The van der Waals surface area contributed by atoms with E-state index in [-0.39, 0.29) is 11.9 Å². The molecule has 8 heteroatoms. The van der Waals surface area contributed by atoms with Crippen LogP contribution in [0.1, 0.15) is 25.1 Å². The van der Waals surface area contributed by atoms with E-state index in [0.717, 1.165) is 25.8 Å². The molecule has 2 rings (SSSR count). The van der Waals surface area contributed by atoms with Crippen molar-refractivity contribution < 1.29 is 9.53 Å². The second-order valence-corrected chi connectivity index (χ2v) is 4.92. The smallest absolute Gasteiger partial charge is 0.242 e. The van der Waals surface area contributed by atoms with Crippen LogP contribution in [-0.2, 0) is 16.1 Å². The first-order valence-corrected chi connectivity index (χ1v) is 7.01. The number of hydrazine groups is 1. The molecule has 2 heterocycles. The first-order valence-electron chi connectivity index (χ1n) is 7.01. The van der Waals surface area contributed by atoms with Gasteiger partial charge >= 0.3 is 0 Å². The molecule has 116 valence electrons. The van der Waals surface area contributed by atoms with Gasteiger partial charge in [-0.25, -0.2) is 15.8 Å². The Morgan fingerprint density at radius 3 is 3.00 bits per heavy atom. The van der Waals surface area contributed by atoms with Gasteiger partial charge in [-0.3, -0.25) is 4.79 Å². The van der Waals surface area contributed by atoms with Crippen molar-refractivity contribution in [2.75, 3.05) is 31.0 Å². The molecule has 0 aliphatic carbocycles. The summed E-state index contributed by atoms with van der Waals surface area (Å²) in [5, 5.41) is 2.71. The van der Waals surface area contributed by atoms with E-state index in [9.17, 15) is 4.79 Å². The van der Waals surface area contributed by atoms with Crippen LogP contribution in [0.4, 0.5) is 11.6 Å². The molecular weight excluding hydrogens is 272 g/mol. The maximum Gasteiger partial charge on any atom is 0.242 e. The standard InChI is InChI=1S/C13H22N6O2/c1-15-13(20)9-5-3-4-6-19(9)12-7-10(18-14)16-11(17-12)8-21-2/h7,9H,3-6,8,14H2,1-2H3,(H,15,20)(H,16,17,18). The zero-order valence-corrected chi connectivity index (χ0v) is 12.4. The highest BCUT2D eigenvalue weighted by Crippen LogP contribution is 2.25. The Labute approximate surface area is 124 Å². The number of likely N-dealkylation sites (N-methyl/N-ethyl adjacent to an activating group) is 1. The summed E-state index contributed by atoms with van der Waals surface area (Å²) in [6.45, 7) is 1.08. The van der Waals surface area contributed by atoms with E-state index in [1.165, 1.54) is 0 Å². The monoisotopic (exact) mass is 294 g/mol. The number of amides is 1. The quantitative estimate of drug-likeness (QED) is 0.519. The van der Waals surface area contributed by atoms with E-state index in [1.54, 1.807) is 20.2 Å². The van der Waals surface area contributed by atoms with Crippen molar-refractivity contribution >= 4 is 17.5 Å². The predicted octanol–water partition coefficient (Wildman–Crippen LogP) is 0.0135. The van der Waals surface area contributed by atoms with Crippen LogP contribution in [0, 0.1) is 0 Å². The molecule has 21 heavy (non-hydrogen) atoms. The van der Waals surface area contributed by atoms with Gasteiger partial charge < -0.3 is 20.4 Å². The number of ether oxygens (including phenoxy) is 1. The first-order chi connectivity index (χ1) is 10.2. The zero-order chi connectivity index (χ0) is 15.2. The number of carbonyl (C=O) groups is 1. The second-order valence-electron chi connectivity index (χ2n) is 4.92. The number of nitrogen functional groups attached to an aromatic ring is 1. The minimum Gasteiger partial charge on any atom is -0.377 e. The minimum atomic E-state index is -0.209. The lowest BCUT2D eigenvalue weighted by Crippen LogP contribution is -2.49. The van der Waals surface area contributed by atoms with Crippen molar-refractivity contribution in [1.82, 2.24) is 15.3 Å². The van der Waals surface area contributed by atoms with Crippen molar-refractivity contribution in [3.05, 3.63) is 11.9 Å². The zero-order valence-electron chi connectivity index (χ0n) is 12.4. The molecule has 0 radical (unpaired) electrons. The summed E-state index contributed by atoms with van der Waals surface area (Å²) in [5.74, 6) is 7.19. The maximum atomic E-state index is 12.1. The summed E-state index contributed by atoms with van der Waals surface area (Å²) in [7, 11) is 3.23. The van der Waals surface area contributed by atoms with Crippen LogP contribution in [0.15, 0.2) is 6.07 Å². The molecule has 1 amide bonds. The fourth-order valence-electron chi connectivity index (χ4n) is 2.54. The van der Waals surface area contributed by atoms with Crippen LogP contribution in [0.3, 0.4) is 0 Å². The number of nitrogens with two attached hydrogens (primary N) is 1. The summed E-state index contributed by atoms with van der Waals surface area (Å²) in [4.78, 5) is 22.8. The number of hydrogen-bond donors (Lipinski definition) is 3. The number of piperidine rings is 1. The van der Waals surface area contributed by atoms with Gasteiger partial charge in [-0.15, -0.1) is 0 Å². The summed E-state index contributed by atoms with van der Waals surface area (Å²) >= 11 is 0. The summed E-state index contributed by atoms with van der Waals surface area (Å²) in [6.07, 6.45) is 2.88. The fraction of sp³-hybridized carbons (Fsp3) is 0.615. The highest BCUT2D eigenvalue weighted by Gasteiger charge is 2.29. The molecule has 1 aliphatic heterocycles. The average molecular weight is 294 g/mol. The van der Waals surface area contributed by atoms with E-state index >= 15 is 0 Å². The molecule has 1 saturated heterocycles. The van der Waals surface area contributed by atoms with Crippen LogP contribution in [0.25, 0.3) is 0 Å². The third-order valence-corrected chi connectivity index (χ3v) is 3.53. The third kappa shape index (κ3) is 3.59. The molecule has 1 aliphatic rings. The minimum absolute atomic E-state index is 0.00358. The normalized spacial score (nSPS) is 18.4. The van der Waals surface area contributed by atoms with Gasteiger partial charge in [-0.05, 0) is 19.3 Å². The Morgan fingerprint density at radius 1 is 1.52 bits per heavy atom. The van der Waals surface area contributed by atoms with Gasteiger partial charge in [-0.1, -0.05) is 0 Å². The fourth-order valence-corrected chi connectivity index (χ4v) is 2.54. The predicted molar refractivity (Wildman–Crippen MR) is 79.6 cm³/mol. The molecule has 1 unspecified atom stereocenters. The Morgan fingerprint density at radius 2 is 2.33 bits per heavy atom. The number of methoxy groups -OCH3 is 1. The Balaban J connectivity index is 2.32. The second kappa shape index (κ2) is 7.19. The van der Waals surface area contributed by atoms with Gasteiger partial charge in [0.05, 0.1) is 0 Å². The molecule has 0 saturated carbocycles. The number of nitrogens with zero attached hydrogens (tertiary/aromatic N) is 3. The van der Waals surface area contributed by atoms with Gasteiger partial charge in [0.15, 0.2) is 5.82 Å². The number of nitrogens with one attached hydrogen (secondary N) is 2. The van der Waals surface area contributed by atoms with Crippen molar-refractivity contribution in [2.24, 2.45) is 5.84 Å². The van der Waals surface area contributed by atoms with E-state index < -0.39 is 0 Å². The molecule has 4 N–H and O–H groups in total. The average Bonchev–Trinajstić information content (AvgIpc) is 2.54. The molecule has 0 spiro atoms. The van der Waals surface area contributed by atoms with Crippen LogP contribution in [-0.4, -0.2) is 42.6 Å². The molecule has 1 aromatic rings. The van der Waals surface area contributed by atoms with Crippen molar-refractivity contribution in [1.29, 1.82) is 0 Å². The SMILES string of the molecule is CNC(=O)C1CCCCN1c1cc(NN)nc(COC)n1. The highest BCUT2D eigenvalue weighted by molar-refractivity contribution is 5.85. The Hall–Kier alpha value is -1.93. The third-order valence-electron chi connectivity index (χ3n) is 3.53. The topological polar surface area (TPSA) is 105 Å². The lowest BCUT2D eigenvalue weighted by atomic mass is 10.0. The lowest BCUT2D eigenvalue weighted by molar-refractivity contribution is -0.122. The van der Waals surface area contributed by atoms with Crippen LogP contribution in [0.5, 0.6) is 0 Å². The number of hydrogen-bond acceptors (Lipinski definition) is 7. The van der Waals surface area contributed by atoms with Gasteiger partial charge in [-0.2, -0.15) is 0 Å². The summed E-state index contributed by atoms with van der Waals surface area (Å²) in [5.41, 5.74) is 2.53. The number of aromatic nitrogens is 2.